The second kappa shape index (κ2) is 6.50. The minimum atomic E-state index is -0.421. The molecule has 0 bridgehead atoms. The molecule has 1 fully saturated rings. The van der Waals surface area contributed by atoms with Crippen LogP contribution in [0.4, 0.5) is 5.69 Å². The number of benzene rings is 1. The summed E-state index contributed by atoms with van der Waals surface area (Å²) in [5, 5.41) is 15.1. The molecule has 2 heterocycles. The van der Waals surface area contributed by atoms with E-state index >= 15 is 0 Å². The lowest BCUT2D eigenvalue weighted by Crippen LogP contribution is -2.37. The average Bonchev–Trinajstić information content (AvgIpc) is 3.08. The zero-order valence-corrected chi connectivity index (χ0v) is 13.7. The van der Waals surface area contributed by atoms with Gasteiger partial charge in [0.25, 0.3) is 11.6 Å². The van der Waals surface area contributed by atoms with Gasteiger partial charge in [-0.2, -0.15) is 11.3 Å². The number of carbonyl (C=O) groups is 1. The van der Waals surface area contributed by atoms with Crippen molar-refractivity contribution in [3.63, 3.8) is 0 Å². The molecule has 1 amide bonds. The largest absolute Gasteiger partial charge is 0.339 e. The van der Waals surface area contributed by atoms with Gasteiger partial charge >= 0.3 is 0 Å². The van der Waals surface area contributed by atoms with Gasteiger partial charge in [-0.3, -0.25) is 14.9 Å². The van der Waals surface area contributed by atoms with E-state index in [4.69, 9.17) is 0 Å². The first kappa shape index (κ1) is 15.7. The Labute approximate surface area is 138 Å². The van der Waals surface area contributed by atoms with Gasteiger partial charge in [-0.05, 0) is 60.2 Å². The average molecular weight is 330 g/mol. The molecule has 1 aliphatic rings. The van der Waals surface area contributed by atoms with E-state index in [0.29, 0.717) is 17.0 Å². The summed E-state index contributed by atoms with van der Waals surface area (Å²) in [6, 6.07) is 6.75. The number of rotatable bonds is 3. The number of nitro benzene ring substituents is 1. The van der Waals surface area contributed by atoms with E-state index in [9.17, 15) is 14.9 Å². The van der Waals surface area contributed by atoms with Crippen LogP contribution in [0.1, 0.15) is 40.2 Å². The molecular weight excluding hydrogens is 312 g/mol. The fraction of sp³-hybridized carbons (Fsp3) is 0.353. The van der Waals surface area contributed by atoms with Crippen LogP contribution < -0.4 is 0 Å². The molecule has 0 spiro atoms. The molecule has 5 nitrogen and oxygen atoms in total. The van der Waals surface area contributed by atoms with Gasteiger partial charge in [0, 0.05) is 30.3 Å². The van der Waals surface area contributed by atoms with E-state index in [1.807, 2.05) is 4.90 Å². The van der Waals surface area contributed by atoms with E-state index < -0.39 is 4.92 Å². The summed E-state index contributed by atoms with van der Waals surface area (Å²) in [5.41, 5.74) is 2.47. The van der Waals surface area contributed by atoms with Crippen molar-refractivity contribution < 1.29 is 9.72 Å². The van der Waals surface area contributed by atoms with Gasteiger partial charge in [-0.15, -0.1) is 0 Å². The Kier molecular flexibility index (Phi) is 4.43. The maximum absolute atomic E-state index is 12.6. The molecule has 1 aromatic heterocycles. The highest BCUT2D eigenvalue weighted by Crippen LogP contribution is 2.30. The van der Waals surface area contributed by atoms with Crippen molar-refractivity contribution in [2.45, 2.75) is 25.7 Å². The minimum absolute atomic E-state index is 0.0354. The number of hydrogen-bond acceptors (Lipinski definition) is 4. The van der Waals surface area contributed by atoms with Crippen LogP contribution >= 0.6 is 11.3 Å². The Balaban J connectivity index is 1.68. The molecule has 23 heavy (non-hydrogen) atoms. The first-order valence-electron chi connectivity index (χ1n) is 7.62. The monoisotopic (exact) mass is 330 g/mol. The van der Waals surface area contributed by atoms with Crippen LogP contribution in [0.15, 0.2) is 35.0 Å². The van der Waals surface area contributed by atoms with Crippen molar-refractivity contribution in [2.24, 2.45) is 0 Å². The summed E-state index contributed by atoms with van der Waals surface area (Å²) in [4.78, 5) is 24.9. The molecule has 0 atom stereocenters. The number of hydrogen-bond donors (Lipinski definition) is 0. The molecule has 0 aliphatic carbocycles. The number of aryl methyl sites for hydroxylation is 1. The highest BCUT2D eigenvalue weighted by Gasteiger charge is 2.25. The molecule has 0 N–H and O–H groups in total. The Morgan fingerprint density at radius 1 is 1.30 bits per heavy atom. The van der Waals surface area contributed by atoms with Crippen LogP contribution in [-0.4, -0.2) is 28.8 Å². The van der Waals surface area contributed by atoms with Crippen molar-refractivity contribution >= 4 is 22.9 Å². The summed E-state index contributed by atoms with van der Waals surface area (Å²) < 4.78 is 0. The maximum atomic E-state index is 12.6. The second-order valence-corrected chi connectivity index (χ2v) is 6.66. The molecule has 0 unspecified atom stereocenters. The lowest BCUT2D eigenvalue weighted by Gasteiger charge is -2.32. The van der Waals surface area contributed by atoms with Crippen LogP contribution in [0.3, 0.4) is 0 Å². The van der Waals surface area contributed by atoms with Crippen LogP contribution in [0, 0.1) is 17.0 Å². The molecule has 6 heteroatoms. The van der Waals surface area contributed by atoms with E-state index in [0.717, 1.165) is 25.9 Å². The highest BCUT2D eigenvalue weighted by molar-refractivity contribution is 7.07. The van der Waals surface area contributed by atoms with Gasteiger partial charge in [-0.1, -0.05) is 0 Å². The number of nitrogens with zero attached hydrogens (tertiary/aromatic N) is 2. The fourth-order valence-electron chi connectivity index (χ4n) is 3.10. The molecule has 0 radical (unpaired) electrons. The van der Waals surface area contributed by atoms with E-state index in [1.54, 1.807) is 30.4 Å². The molecule has 0 saturated carbocycles. The van der Waals surface area contributed by atoms with E-state index in [2.05, 4.69) is 16.8 Å². The Hall–Kier alpha value is -2.21. The normalized spacial score (nSPS) is 15.6. The summed E-state index contributed by atoms with van der Waals surface area (Å²) in [7, 11) is 0. The van der Waals surface area contributed by atoms with Gasteiger partial charge in [0.1, 0.15) is 0 Å². The summed E-state index contributed by atoms with van der Waals surface area (Å²) in [5.74, 6) is 0.496. The minimum Gasteiger partial charge on any atom is -0.339 e. The number of nitro groups is 1. The smallest absolute Gasteiger partial charge is 0.272 e. The Bertz CT molecular complexity index is 719. The summed E-state index contributed by atoms with van der Waals surface area (Å²) in [6.45, 7) is 3.13. The topological polar surface area (TPSA) is 63.5 Å². The first-order valence-corrected chi connectivity index (χ1v) is 8.57. The lowest BCUT2D eigenvalue weighted by molar-refractivity contribution is -0.385. The van der Waals surface area contributed by atoms with E-state index in [-0.39, 0.29) is 11.6 Å². The predicted octanol–water partition coefficient (Wildman–Crippen LogP) is 3.98. The van der Waals surface area contributed by atoms with Gasteiger partial charge in [0.15, 0.2) is 0 Å². The molecule has 2 aromatic rings. The van der Waals surface area contributed by atoms with Crippen LogP contribution in [0.5, 0.6) is 0 Å². The molecule has 3 rings (SSSR count). The van der Waals surface area contributed by atoms with Crippen LogP contribution in [0.25, 0.3) is 0 Å². The number of thiophene rings is 1. The number of carbonyl (C=O) groups excluding carboxylic acids is 1. The molecule has 1 saturated heterocycles. The molecular formula is C17H18N2O3S. The van der Waals surface area contributed by atoms with Crippen molar-refractivity contribution in [1.82, 2.24) is 4.90 Å². The Morgan fingerprint density at radius 3 is 2.61 bits per heavy atom. The summed E-state index contributed by atoms with van der Waals surface area (Å²) in [6.07, 6.45) is 1.93. The molecule has 1 aromatic carbocycles. The first-order chi connectivity index (χ1) is 11.1. The number of amides is 1. The Morgan fingerprint density at radius 2 is 2.04 bits per heavy atom. The van der Waals surface area contributed by atoms with Crippen molar-refractivity contribution in [3.8, 4) is 0 Å². The highest BCUT2D eigenvalue weighted by atomic mass is 32.1. The predicted molar refractivity (Wildman–Crippen MR) is 90.0 cm³/mol. The second-order valence-electron chi connectivity index (χ2n) is 5.88. The SMILES string of the molecule is Cc1cc(C(=O)N2CCC(c3ccsc3)CC2)ccc1[N+](=O)[O-]. The van der Waals surface area contributed by atoms with Crippen molar-refractivity contribution in [1.29, 1.82) is 0 Å². The van der Waals surface area contributed by atoms with Gasteiger partial charge < -0.3 is 4.90 Å². The third kappa shape index (κ3) is 3.27. The zero-order chi connectivity index (χ0) is 16.4. The standard InChI is InChI=1S/C17H18N2O3S/c1-12-10-14(2-3-16(12)19(21)22)17(20)18-7-4-13(5-8-18)15-6-9-23-11-15/h2-3,6,9-11,13H,4-5,7-8H2,1H3. The quantitative estimate of drug-likeness (QED) is 0.631. The maximum Gasteiger partial charge on any atom is 0.272 e. The van der Waals surface area contributed by atoms with Gasteiger partial charge in [-0.25, -0.2) is 0 Å². The van der Waals surface area contributed by atoms with Crippen LogP contribution in [0.2, 0.25) is 0 Å². The molecule has 120 valence electrons. The molecule has 1 aliphatic heterocycles. The lowest BCUT2D eigenvalue weighted by atomic mass is 9.91. The van der Waals surface area contributed by atoms with Gasteiger partial charge in [0.2, 0.25) is 0 Å². The third-order valence-electron chi connectivity index (χ3n) is 4.44. The summed E-state index contributed by atoms with van der Waals surface area (Å²) >= 11 is 1.71. The third-order valence-corrected chi connectivity index (χ3v) is 5.14. The van der Waals surface area contributed by atoms with Crippen molar-refractivity contribution in [3.05, 3.63) is 61.8 Å². The number of piperidine rings is 1. The van der Waals surface area contributed by atoms with E-state index in [1.165, 1.54) is 11.6 Å². The fourth-order valence-corrected chi connectivity index (χ4v) is 3.84. The number of likely N-dealkylation sites (tertiary alicyclic amines) is 1. The van der Waals surface area contributed by atoms with Crippen molar-refractivity contribution in [2.75, 3.05) is 13.1 Å². The zero-order valence-electron chi connectivity index (χ0n) is 12.9. The van der Waals surface area contributed by atoms with Crippen LogP contribution in [-0.2, 0) is 0 Å². The van der Waals surface area contributed by atoms with Gasteiger partial charge in [0.05, 0.1) is 4.92 Å².